The molecule has 4 nitrogen and oxygen atoms in total. The Morgan fingerprint density at radius 1 is 0.875 bits per heavy atom. The van der Waals surface area contributed by atoms with Crippen molar-refractivity contribution in [2.24, 2.45) is 5.92 Å². The Kier molecular flexibility index (Phi) is 6.55. The highest BCUT2D eigenvalue weighted by atomic mass is 16.6. The lowest BCUT2D eigenvalue weighted by molar-refractivity contribution is -0.00153. The zero-order valence-electron chi connectivity index (χ0n) is 14.0. The third kappa shape index (κ3) is 4.95. The number of esters is 2. The van der Waals surface area contributed by atoms with Gasteiger partial charge in [-0.05, 0) is 30.7 Å². The van der Waals surface area contributed by atoms with E-state index in [0.717, 1.165) is 0 Å². The van der Waals surface area contributed by atoms with Crippen LogP contribution in [0.15, 0.2) is 60.7 Å². The molecular formula is C20H22O4. The molecule has 2 rings (SSSR count). The number of ether oxygens (including phenoxy) is 2. The number of carbonyl (C=O) groups is 2. The Morgan fingerprint density at radius 3 is 1.88 bits per heavy atom. The molecule has 4 heteroatoms. The number of hydrogen-bond donors (Lipinski definition) is 0. The molecule has 0 fully saturated rings. The average Bonchev–Trinajstić information content (AvgIpc) is 2.65. The topological polar surface area (TPSA) is 52.6 Å². The van der Waals surface area contributed by atoms with Crippen molar-refractivity contribution in [2.75, 3.05) is 6.61 Å². The molecule has 2 aromatic carbocycles. The molecule has 0 aliphatic carbocycles. The van der Waals surface area contributed by atoms with E-state index in [9.17, 15) is 9.59 Å². The van der Waals surface area contributed by atoms with Crippen LogP contribution in [0.1, 0.15) is 41.0 Å². The zero-order valence-corrected chi connectivity index (χ0v) is 14.0. The predicted molar refractivity (Wildman–Crippen MR) is 91.8 cm³/mol. The molecule has 126 valence electrons. The van der Waals surface area contributed by atoms with Gasteiger partial charge in [0.05, 0.1) is 17.7 Å². The number of benzene rings is 2. The van der Waals surface area contributed by atoms with Gasteiger partial charge in [-0.3, -0.25) is 0 Å². The number of rotatable bonds is 7. The Labute approximate surface area is 142 Å². The minimum Gasteiger partial charge on any atom is -0.462 e. The summed E-state index contributed by atoms with van der Waals surface area (Å²) in [5.41, 5.74) is 1.03. The first-order valence-corrected chi connectivity index (χ1v) is 8.10. The Balaban J connectivity index is 1.88. The second kappa shape index (κ2) is 8.87. The first-order chi connectivity index (χ1) is 11.6. The van der Waals surface area contributed by atoms with Crippen molar-refractivity contribution in [2.45, 2.75) is 26.4 Å². The minimum atomic E-state index is -0.369. The lowest BCUT2D eigenvalue weighted by Gasteiger charge is -2.22. The van der Waals surface area contributed by atoms with Crippen molar-refractivity contribution in [3.63, 3.8) is 0 Å². The van der Waals surface area contributed by atoms with Gasteiger partial charge in [0.2, 0.25) is 0 Å². The van der Waals surface area contributed by atoms with Gasteiger partial charge in [0.15, 0.2) is 0 Å². The third-order valence-electron chi connectivity index (χ3n) is 3.79. The van der Waals surface area contributed by atoms with Gasteiger partial charge < -0.3 is 9.47 Å². The first kappa shape index (κ1) is 17.7. The smallest absolute Gasteiger partial charge is 0.338 e. The van der Waals surface area contributed by atoms with Crippen LogP contribution in [-0.4, -0.2) is 24.6 Å². The second-order valence-corrected chi connectivity index (χ2v) is 5.66. The summed E-state index contributed by atoms with van der Waals surface area (Å²) in [4.78, 5) is 24.1. The van der Waals surface area contributed by atoms with E-state index >= 15 is 0 Å². The van der Waals surface area contributed by atoms with Crippen LogP contribution in [0.4, 0.5) is 0 Å². The van der Waals surface area contributed by atoms with Crippen molar-refractivity contribution >= 4 is 11.9 Å². The van der Waals surface area contributed by atoms with Crippen LogP contribution in [0.2, 0.25) is 0 Å². The summed E-state index contributed by atoms with van der Waals surface area (Å²) in [7, 11) is 0. The van der Waals surface area contributed by atoms with Gasteiger partial charge in [-0.15, -0.1) is 0 Å². The Morgan fingerprint density at radius 2 is 1.38 bits per heavy atom. The summed E-state index contributed by atoms with van der Waals surface area (Å²) in [6.07, 6.45) is 0.351. The third-order valence-corrected chi connectivity index (χ3v) is 3.79. The highest BCUT2D eigenvalue weighted by Gasteiger charge is 2.22. The van der Waals surface area contributed by atoms with E-state index in [0.29, 0.717) is 17.5 Å². The number of hydrogen-bond acceptors (Lipinski definition) is 4. The first-order valence-electron chi connectivity index (χ1n) is 8.10. The lowest BCUT2D eigenvalue weighted by atomic mass is 10.0. The Bertz CT molecular complexity index is 652. The summed E-state index contributed by atoms with van der Waals surface area (Å²) in [5.74, 6) is -0.814. The molecule has 0 aromatic heterocycles. The van der Waals surface area contributed by atoms with Crippen molar-refractivity contribution in [1.29, 1.82) is 0 Å². The van der Waals surface area contributed by atoms with E-state index in [-0.39, 0.29) is 30.6 Å². The van der Waals surface area contributed by atoms with Gasteiger partial charge in [0.25, 0.3) is 0 Å². The maximum absolute atomic E-state index is 12.1. The lowest BCUT2D eigenvalue weighted by Crippen LogP contribution is -2.28. The number of carbonyl (C=O) groups excluding carboxylic acids is 2. The molecule has 0 spiro atoms. The van der Waals surface area contributed by atoms with Gasteiger partial charge in [0.1, 0.15) is 6.10 Å². The van der Waals surface area contributed by atoms with Crippen molar-refractivity contribution in [1.82, 2.24) is 0 Å². The minimum absolute atomic E-state index is 0.0877. The fourth-order valence-corrected chi connectivity index (χ4v) is 2.35. The van der Waals surface area contributed by atoms with E-state index in [1.54, 1.807) is 48.5 Å². The monoisotopic (exact) mass is 326 g/mol. The molecule has 0 saturated heterocycles. The van der Waals surface area contributed by atoms with Gasteiger partial charge in [0, 0.05) is 5.92 Å². The maximum atomic E-state index is 12.1. The zero-order chi connectivity index (χ0) is 17.4. The molecule has 0 aliphatic heterocycles. The van der Waals surface area contributed by atoms with Gasteiger partial charge >= 0.3 is 11.9 Å². The van der Waals surface area contributed by atoms with Crippen LogP contribution in [0.5, 0.6) is 0 Å². The molecule has 0 aliphatic rings. The molecule has 0 heterocycles. The SMILES string of the molecule is CCC(OC(=O)c1ccccc1)C(C)COC(=O)c1ccccc1. The highest BCUT2D eigenvalue weighted by Crippen LogP contribution is 2.15. The average molecular weight is 326 g/mol. The summed E-state index contributed by atoms with van der Waals surface area (Å²) in [6.45, 7) is 4.05. The fourth-order valence-electron chi connectivity index (χ4n) is 2.35. The van der Waals surface area contributed by atoms with E-state index in [1.807, 2.05) is 26.0 Å². The van der Waals surface area contributed by atoms with E-state index in [2.05, 4.69) is 0 Å². The largest absolute Gasteiger partial charge is 0.462 e. The summed E-state index contributed by atoms with van der Waals surface area (Å²) < 4.78 is 10.9. The standard InChI is InChI=1S/C20H22O4/c1-3-18(24-20(22)17-12-8-5-9-13-17)15(2)14-23-19(21)16-10-6-4-7-11-16/h4-13,15,18H,3,14H2,1-2H3. The van der Waals surface area contributed by atoms with Crippen LogP contribution in [0.3, 0.4) is 0 Å². The van der Waals surface area contributed by atoms with Crippen LogP contribution < -0.4 is 0 Å². The van der Waals surface area contributed by atoms with E-state index in [4.69, 9.17) is 9.47 Å². The van der Waals surface area contributed by atoms with Gasteiger partial charge in [-0.25, -0.2) is 9.59 Å². The van der Waals surface area contributed by atoms with Crippen LogP contribution in [-0.2, 0) is 9.47 Å². The van der Waals surface area contributed by atoms with Crippen molar-refractivity contribution in [3.05, 3.63) is 71.8 Å². The molecule has 0 amide bonds. The van der Waals surface area contributed by atoms with Gasteiger partial charge in [-0.1, -0.05) is 50.2 Å². The normalized spacial score (nSPS) is 12.9. The van der Waals surface area contributed by atoms with E-state index < -0.39 is 0 Å². The van der Waals surface area contributed by atoms with Crippen molar-refractivity contribution in [3.8, 4) is 0 Å². The van der Waals surface area contributed by atoms with E-state index in [1.165, 1.54) is 0 Å². The van der Waals surface area contributed by atoms with Crippen molar-refractivity contribution < 1.29 is 19.1 Å². The molecule has 0 saturated carbocycles. The molecule has 2 aromatic rings. The maximum Gasteiger partial charge on any atom is 0.338 e. The molecular weight excluding hydrogens is 304 g/mol. The van der Waals surface area contributed by atoms with Gasteiger partial charge in [-0.2, -0.15) is 0 Å². The van der Waals surface area contributed by atoms with Crippen LogP contribution in [0.25, 0.3) is 0 Å². The highest BCUT2D eigenvalue weighted by molar-refractivity contribution is 5.89. The van der Waals surface area contributed by atoms with Crippen LogP contribution in [0, 0.1) is 5.92 Å². The molecule has 2 atom stereocenters. The molecule has 0 bridgehead atoms. The predicted octanol–water partition coefficient (Wildman–Crippen LogP) is 4.12. The van der Waals surface area contributed by atoms with Crippen LogP contribution >= 0.6 is 0 Å². The molecule has 24 heavy (non-hydrogen) atoms. The molecule has 2 unspecified atom stereocenters. The summed E-state index contributed by atoms with van der Waals surface area (Å²) in [5, 5.41) is 0. The quantitative estimate of drug-likeness (QED) is 0.718. The second-order valence-electron chi connectivity index (χ2n) is 5.66. The molecule has 0 N–H and O–H groups in total. The molecule has 0 radical (unpaired) electrons. The Hall–Kier alpha value is -2.62. The summed E-state index contributed by atoms with van der Waals surface area (Å²) in [6, 6.07) is 17.7. The summed E-state index contributed by atoms with van der Waals surface area (Å²) >= 11 is 0. The fraction of sp³-hybridized carbons (Fsp3) is 0.300.